The fourth-order valence-corrected chi connectivity index (χ4v) is 2.46. The predicted octanol–water partition coefficient (Wildman–Crippen LogP) is 4.23. The normalized spacial score (nSPS) is 10.7. The molecule has 1 heterocycles. The minimum absolute atomic E-state index is 0.218. The molecule has 1 aromatic heterocycles. The van der Waals surface area contributed by atoms with Gasteiger partial charge in [0.2, 0.25) is 11.6 Å². The molecule has 0 aliphatic heterocycles. The summed E-state index contributed by atoms with van der Waals surface area (Å²) in [5, 5.41) is 14.9. The van der Waals surface area contributed by atoms with Crippen molar-refractivity contribution >= 4 is 5.69 Å². The number of halogens is 2. The highest BCUT2D eigenvalue weighted by Crippen LogP contribution is 2.31. The lowest BCUT2D eigenvalue weighted by atomic mass is 10.2. The Kier molecular flexibility index (Phi) is 5.02. The molecule has 140 valence electrons. The third-order valence-corrected chi connectivity index (χ3v) is 3.85. The third-order valence-electron chi connectivity index (χ3n) is 3.85. The number of nitro groups is 1. The van der Waals surface area contributed by atoms with Crippen LogP contribution < -0.4 is 9.47 Å². The Labute approximate surface area is 152 Å². The Morgan fingerprint density at radius 1 is 1.11 bits per heavy atom. The van der Waals surface area contributed by atoms with Crippen molar-refractivity contribution in [2.75, 3.05) is 7.11 Å². The molecule has 27 heavy (non-hydrogen) atoms. The van der Waals surface area contributed by atoms with E-state index in [1.54, 1.807) is 24.9 Å². The second-order valence-electron chi connectivity index (χ2n) is 5.69. The van der Waals surface area contributed by atoms with Gasteiger partial charge in [0.05, 0.1) is 24.8 Å². The second kappa shape index (κ2) is 7.40. The molecule has 0 N–H and O–H groups in total. The molecular formula is C18H15F2N3O4. The molecule has 0 saturated heterocycles. The molecule has 3 aromatic rings. The summed E-state index contributed by atoms with van der Waals surface area (Å²) in [6.07, 6.45) is 1.54. The van der Waals surface area contributed by atoms with Gasteiger partial charge in [0.25, 0.3) is 0 Å². The number of nitro benzene ring substituents is 1. The standard InChI is InChI=1S/C18H15F2N3O4/c1-11-16(27-15-8-7-14(23(24)25)17(19)18(15)20)10-22(21-11)9-12-3-5-13(26-2)6-4-12/h3-8,10H,9H2,1-2H3. The molecule has 7 nitrogen and oxygen atoms in total. The molecule has 2 aromatic carbocycles. The van der Waals surface area contributed by atoms with Crippen LogP contribution in [-0.2, 0) is 6.54 Å². The first-order valence-corrected chi connectivity index (χ1v) is 7.86. The summed E-state index contributed by atoms with van der Waals surface area (Å²) in [6, 6.07) is 9.25. The van der Waals surface area contributed by atoms with Crippen molar-refractivity contribution in [2.24, 2.45) is 0 Å². The number of methoxy groups -OCH3 is 1. The first-order valence-electron chi connectivity index (χ1n) is 7.86. The predicted molar refractivity (Wildman–Crippen MR) is 92.1 cm³/mol. The molecule has 0 saturated carbocycles. The summed E-state index contributed by atoms with van der Waals surface area (Å²) in [5.41, 5.74) is 0.464. The quantitative estimate of drug-likeness (QED) is 0.476. The van der Waals surface area contributed by atoms with E-state index >= 15 is 0 Å². The van der Waals surface area contributed by atoms with Crippen LogP contribution >= 0.6 is 0 Å². The smallest absolute Gasteiger partial charge is 0.308 e. The third kappa shape index (κ3) is 3.86. The van der Waals surface area contributed by atoms with Crippen LogP contribution in [0.3, 0.4) is 0 Å². The maximum Gasteiger partial charge on any atom is 0.308 e. The van der Waals surface area contributed by atoms with E-state index in [-0.39, 0.29) is 5.75 Å². The number of aromatic nitrogens is 2. The number of hydrogen-bond acceptors (Lipinski definition) is 5. The number of benzene rings is 2. The van der Waals surface area contributed by atoms with Crippen molar-refractivity contribution in [1.82, 2.24) is 9.78 Å². The number of rotatable bonds is 6. The van der Waals surface area contributed by atoms with Gasteiger partial charge in [-0.2, -0.15) is 13.9 Å². The molecule has 0 amide bonds. The summed E-state index contributed by atoms with van der Waals surface area (Å²) >= 11 is 0. The monoisotopic (exact) mass is 375 g/mol. The van der Waals surface area contributed by atoms with E-state index in [9.17, 15) is 18.9 Å². The molecule has 0 radical (unpaired) electrons. The molecule has 9 heteroatoms. The van der Waals surface area contributed by atoms with E-state index in [1.165, 1.54) is 0 Å². The van der Waals surface area contributed by atoms with Crippen LogP contribution in [0.4, 0.5) is 14.5 Å². The van der Waals surface area contributed by atoms with E-state index in [0.29, 0.717) is 12.2 Å². The Morgan fingerprint density at radius 3 is 2.44 bits per heavy atom. The highest BCUT2D eigenvalue weighted by atomic mass is 19.2. The second-order valence-corrected chi connectivity index (χ2v) is 5.69. The van der Waals surface area contributed by atoms with Gasteiger partial charge in [-0.05, 0) is 30.7 Å². The lowest BCUT2D eigenvalue weighted by Crippen LogP contribution is -2.00. The van der Waals surface area contributed by atoms with E-state index in [4.69, 9.17) is 9.47 Å². The summed E-state index contributed by atoms with van der Waals surface area (Å²) in [6.45, 7) is 2.09. The van der Waals surface area contributed by atoms with Crippen molar-refractivity contribution in [3.8, 4) is 17.2 Å². The van der Waals surface area contributed by atoms with Gasteiger partial charge in [-0.25, -0.2) is 0 Å². The van der Waals surface area contributed by atoms with Gasteiger partial charge >= 0.3 is 5.69 Å². The average molecular weight is 375 g/mol. The Bertz CT molecular complexity index is 987. The topological polar surface area (TPSA) is 79.4 Å². The lowest BCUT2D eigenvalue weighted by molar-refractivity contribution is -0.387. The Morgan fingerprint density at radius 2 is 1.81 bits per heavy atom. The van der Waals surface area contributed by atoms with E-state index < -0.39 is 28.0 Å². The van der Waals surface area contributed by atoms with Gasteiger partial charge in [0.15, 0.2) is 11.5 Å². The number of hydrogen-bond donors (Lipinski definition) is 0. The zero-order chi connectivity index (χ0) is 19.6. The van der Waals surface area contributed by atoms with Crippen molar-refractivity contribution in [1.29, 1.82) is 0 Å². The molecule has 0 unspecified atom stereocenters. The van der Waals surface area contributed by atoms with E-state index in [0.717, 1.165) is 23.4 Å². The van der Waals surface area contributed by atoms with Crippen LogP contribution in [0.25, 0.3) is 0 Å². The van der Waals surface area contributed by atoms with Crippen molar-refractivity contribution in [3.63, 3.8) is 0 Å². The zero-order valence-electron chi connectivity index (χ0n) is 14.5. The zero-order valence-corrected chi connectivity index (χ0v) is 14.5. The van der Waals surface area contributed by atoms with Crippen LogP contribution in [0.15, 0.2) is 42.6 Å². The summed E-state index contributed by atoms with van der Waals surface area (Å²) in [5.74, 6) is -2.50. The van der Waals surface area contributed by atoms with Gasteiger partial charge in [-0.15, -0.1) is 0 Å². The van der Waals surface area contributed by atoms with Crippen LogP contribution in [-0.4, -0.2) is 21.8 Å². The van der Waals surface area contributed by atoms with Crippen molar-refractivity contribution in [2.45, 2.75) is 13.5 Å². The minimum Gasteiger partial charge on any atom is -0.497 e. The fraction of sp³-hybridized carbons (Fsp3) is 0.167. The van der Waals surface area contributed by atoms with Gasteiger partial charge < -0.3 is 9.47 Å². The van der Waals surface area contributed by atoms with Gasteiger partial charge in [0, 0.05) is 6.07 Å². The number of ether oxygens (including phenoxy) is 2. The molecule has 0 fully saturated rings. The Hall–Kier alpha value is -3.49. The van der Waals surface area contributed by atoms with Crippen LogP contribution in [0, 0.1) is 28.7 Å². The highest BCUT2D eigenvalue weighted by Gasteiger charge is 2.23. The molecule has 0 bridgehead atoms. The SMILES string of the molecule is COc1ccc(Cn2cc(Oc3ccc([N+](=O)[O-])c(F)c3F)c(C)n2)cc1. The summed E-state index contributed by atoms with van der Waals surface area (Å²) < 4.78 is 39.8. The van der Waals surface area contributed by atoms with Crippen LogP contribution in [0.1, 0.15) is 11.3 Å². The maximum atomic E-state index is 14.0. The highest BCUT2D eigenvalue weighted by molar-refractivity contribution is 5.42. The molecular weight excluding hydrogens is 360 g/mol. The molecule has 0 atom stereocenters. The molecule has 0 aliphatic carbocycles. The fourth-order valence-electron chi connectivity index (χ4n) is 2.46. The largest absolute Gasteiger partial charge is 0.497 e. The van der Waals surface area contributed by atoms with E-state index in [1.807, 2.05) is 24.3 Å². The minimum atomic E-state index is -1.57. The lowest BCUT2D eigenvalue weighted by Gasteiger charge is -2.06. The number of nitrogens with zero attached hydrogens (tertiary/aromatic N) is 3. The molecule has 0 aliphatic rings. The van der Waals surface area contributed by atoms with Crippen LogP contribution in [0.2, 0.25) is 0 Å². The van der Waals surface area contributed by atoms with Gasteiger partial charge in [-0.3, -0.25) is 14.8 Å². The first kappa shape index (κ1) is 18.3. The van der Waals surface area contributed by atoms with Crippen molar-refractivity contribution < 1.29 is 23.2 Å². The molecule has 0 spiro atoms. The Balaban J connectivity index is 1.80. The summed E-state index contributed by atoms with van der Waals surface area (Å²) in [4.78, 5) is 9.65. The van der Waals surface area contributed by atoms with Crippen LogP contribution in [0.5, 0.6) is 17.2 Å². The average Bonchev–Trinajstić information content (AvgIpc) is 2.98. The first-order chi connectivity index (χ1) is 12.9. The molecule has 3 rings (SSSR count). The van der Waals surface area contributed by atoms with Crippen molar-refractivity contribution in [3.05, 3.63) is 75.6 Å². The van der Waals surface area contributed by atoms with Gasteiger partial charge in [-0.1, -0.05) is 12.1 Å². The summed E-state index contributed by atoms with van der Waals surface area (Å²) in [7, 11) is 1.58. The van der Waals surface area contributed by atoms with Gasteiger partial charge in [0.1, 0.15) is 11.4 Å². The van der Waals surface area contributed by atoms with E-state index in [2.05, 4.69) is 5.10 Å². The number of aryl methyl sites for hydroxylation is 1. The maximum absolute atomic E-state index is 14.0.